The van der Waals surface area contributed by atoms with Gasteiger partial charge in [-0.1, -0.05) is 11.3 Å². The fourth-order valence-corrected chi connectivity index (χ4v) is 2.82. The second-order valence-electron chi connectivity index (χ2n) is 2.69. The van der Waals surface area contributed by atoms with Gasteiger partial charge in [-0.15, -0.1) is 5.10 Å². The van der Waals surface area contributed by atoms with Crippen LogP contribution in [0.2, 0.25) is 0 Å². The molecular weight excluding hydrogens is 234 g/mol. The maximum atomic E-state index is 11.3. The number of nitrogen functional groups attached to an aromatic ring is 1. The molecule has 0 atom stereocenters. The van der Waals surface area contributed by atoms with Crippen LogP contribution in [-0.2, 0) is 6.54 Å². The minimum Gasteiger partial charge on any atom is -0.389 e. The molecule has 2 aromatic rings. The van der Waals surface area contributed by atoms with Crippen LogP contribution in [0.15, 0.2) is 20.5 Å². The molecule has 0 saturated heterocycles. The van der Waals surface area contributed by atoms with E-state index >= 15 is 0 Å². The molecule has 0 unspecified atom stereocenters. The van der Waals surface area contributed by atoms with Crippen LogP contribution in [0, 0.1) is 0 Å². The van der Waals surface area contributed by atoms with Gasteiger partial charge in [0, 0.05) is 6.54 Å². The van der Waals surface area contributed by atoms with Gasteiger partial charge in [0.25, 0.3) is 0 Å². The fourth-order valence-electron chi connectivity index (χ4n) is 1.06. The number of anilines is 1. The van der Waals surface area contributed by atoms with Gasteiger partial charge in [-0.25, -0.2) is 14.9 Å². The number of H-pyrrole nitrogens is 1. The monoisotopic (exact) mass is 243 g/mol. The highest BCUT2D eigenvalue weighted by Gasteiger charge is 2.10. The number of thiazole rings is 1. The first kappa shape index (κ1) is 10.2. The van der Waals surface area contributed by atoms with Gasteiger partial charge in [0.15, 0.2) is 9.50 Å². The Morgan fingerprint density at radius 1 is 1.73 bits per heavy atom. The number of aromatic nitrogens is 4. The summed E-state index contributed by atoms with van der Waals surface area (Å²) >= 11 is 2.70. The normalized spacial score (nSPS) is 10.7. The van der Waals surface area contributed by atoms with Crippen molar-refractivity contribution in [2.24, 2.45) is 0 Å². The highest BCUT2D eigenvalue weighted by Crippen LogP contribution is 2.29. The predicted molar refractivity (Wildman–Crippen MR) is 59.2 cm³/mol. The van der Waals surface area contributed by atoms with Crippen LogP contribution in [0.25, 0.3) is 0 Å². The van der Waals surface area contributed by atoms with Gasteiger partial charge in [-0.3, -0.25) is 4.57 Å². The summed E-state index contributed by atoms with van der Waals surface area (Å²) in [5.74, 6) is 0. The van der Waals surface area contributed by atoms with Crippen molar-refractivity contribution < 1.29 is 0 Å². The lowest BCUT2D eigenvalue weighted by Gasteiger charge is -1.97. The maximum absolute atomic E-state index is 11.3. The molecule has 3 N–H and O–H groups in total. The van der Waals surface area contributed by atoms with E-state index in [2.05, 4.69) is 15.2 Å². The summed E-state index contributed by atoms with van der Waals surface area (Å²) in [6.45, 7) is 2.47. The average Bonchev–Trinajstić information content (AvgIpc) is 2.75. The molecule has 0 spiro atoms. The third-order valence-corrected chi connectivity index (χ3v) is 3.62. The van der Waals surface area contributed by atoms with Gasteiger partial charge < -0.3 is 5.73 Å². The maximum Gasteiger partial charge on any atom is 0.343 e. The molecule has 80 valence electrons. The van der Waals surface area contributed by atoms with Crippen molar-refractivity contribution in [3.8, 4) is 0 Å². The summed E-state index contributed by atoms with van der Waals surface area (Å²) in [7, 11) is 0. The van der Waals surface area contributed by atoms with E-state index in [0.29, 0.717) is 16.7 Å². The van der Waals surface area contributed by atoms with E-state index in [-0.39, 0.29) is 5.69 Å². The van der Waals surface area contributed by atoms with Crippen molar-refractivity contribution in [3.63, 3.8) is 0 Å². The molecule has 0 radical (unpaired) electrons. The molecule has 0 bridgehead atoms. The van der Waals surface area contributed by atoms with Crippen molar-refractivity contribution in [2.45, 2.75) is 23.0 Å². The smallest absolute Gasteiger partial charge is 0.343 e. The molecule has 8 heteroatoms. The molecule has 0 aromatic carbocycles. The molecule has 0 amide bonds. The van der Waals surface area contributed by atoms with Gasteiger partial charge >= 0.3 is 5.69 Å². The minimum absolute atomic E-state index is 0.204. The van der Waals surface area contributed by atoms with Crippen LogP contribution in [0.1, 0.15) is 6.92 Å². The quantitative estimate of drug-likeness (QED) is 0.831. The molecule has 0 fully saturated rings. The number of aromatic amines is 1. The fraction of sp³-hybridized carbons (Fsp3) is 0.286. The van der Waals surface area contributed by atoms with Crippen molar-refractivity contribution in [1.29, 1.82) is 0 Å². The van der Waals surface area contributed by atoms with Crippen molar-refractivity contribution >= 4 is 28.1 Å². The lowest BCUT2D eigenvalue weighted by molar-refractivity contribution is 0.660. The van der Waals surface area contributed by atoms with Gasteiger partial charge in [-0.2, -0.15) is 0 Å². The Morgan fingerprint density at radius 3 is 3.13 bits per heavy atom. The van der Waals surface area contributed by atoms with Crippen molar-refractivity contribution in [1.82, 2.24) is 19.7 Å². The van der Waals surface area contributed by atoms with Gasteiger partial charge in [0.2, 0.25) is 0 Å². The highest BCUT2D eigenvalue weighted by molar-refractivity contribution is 8.00. The first-order valence-corrected chi connectivity index (χ1v) is 5.88. The van der Waals surface area contributed by atoms with E-state index in [4.69, 9.17) is 5.73 Å². The second kappa shape index (κ2) is 4.07. The van der Waals surface area contributed by atoms with Gasteiger partial charge in [0.05, 0.1) is 6.20 Å². The molecule has 0 aliphatic carbocycles. The molecule has 2 aromatic heterocycles. The van der Waals surface area contributed by atoms with E-state index in [9.17, 15) is 4.79 Å². The molecule has 0 aliphatic rings. The lowest BCUT2D eigenvalue weighted by atomic mass is 10.7. The van der Waals surface area contributed by atoms with Crippen LogP contribution < -0.4 is 11.4 Å². The molecule has 0 aliphatic heterocycles. The van der Waals surface area contributed by atoms with E-state index in [1.165, 1.54) is 23.1 Å². The highest BCUT2D eigenvalue weighted by atomic mass is 32.2. The molecule has 2 rings (SSSR count). The standard InChI is InChI=1S/C7H9N5OS2/c1-2-12-5(13)10-11-6(12)15-7-9-3-4(8)14-7/h3H,2,8H2,1H3,(H,10,13). The Labute approximate surface area is 93.5 Å². The molecule has 0 saturated carbocycles. The zero-order chi connectivity index (χ0) is 10.8. The Hall–Kier alpha value is -1.28. The summed E-state index contributed by atoms with van der Waals surface area (Å²) in [4.78, 5) is 15.3. The van der Waals surface area contributed by atoms with Crippen LogP contribution >= 0.6 is 23.1 Å². The first-order chi connectivity index (χ1) is 7.20. The van der Waals surface area contributed by atoms with Crippen LogP contribution in [0.4, 0.5) is 5.00 Å². The summed E-state index contributed by atoms with van der Waals surface area (Å²) < 4.78 is 2.32. The predicted octanol–water partition coefficient (Wildman–Crippen LogP) is 0.781. The Balaban J connectivity index is 2.28. The van der Waals surface area contributed by atoms with Crippen LogP contribution in [0.5, 0.6) is 0 Å². The first-order valence-electron chi connectivity index (χ1n) is 4.25. The number of hydrogen-bond donors (Lipinski definition) is 2. The lowest BCUT2D eigenvalue weighted by Crippen LogP contribution is -2.15. The summed E-state index contributed by atoms with van der Waals surface area (Å²) in [5.41, 5.74) is 5.35. The van der Waals surface area contributed by atoms with Crippen LogP contribution in [-0.4, -0.2) is 19.7 Å². The van der Waals surface area contributed by atoms with Gasteiger partial charge in [0.1, 0.15) is 5.00 Å². The molecule has 15 heavy (non-hydrogen) atoms. The number of nitrogens with zero attached hydrogens (tertiary/aromatic N) is 3. The summed E-state index contributed by atoms with van der Waals surface area (Å²) in [6, 6.07) is 0. The minimum atomic E-state index is -0.204. The number of nitrogens with one attached hydrogen (secondary N) is 1. The zero-order valence-corrected chi connectivity index (χ0v) is 9.56. The average molecular weight is 243 g/mol. The Kier molecular flexibility index (Phi) is 2.78. The topological polar surface area (TPSA) is 89.6 Å². The summed E-state index contributed by atoms with van der Waals surface area (Å²) in [5, 5.41) is 7.56. The number of rotatable bonds is 3. The number of nitrogens with two attached hydrogens (primary N) is 1. The van der Waals surface area contributed by atoms with Crippen molar-refractivity contribution in [2.75, 3.05) is 5.73 Å². The molecular formula is C7H9N5OS2. The Morgan fingerprint density at radius 2 is 2.53 bits per heavy atom. The van der Waals surface area contributed by atoms with Crippen molar-refractivity contribution in [3.05, 3.63) is 16.7 Å². The van der Waals surface area contributed by atoms with E-state index in [1.807, 2.05) is 6.92 Å². The largest absolute Gasteiger partial charge is 0.389 e. The third kappa shape index (κ3) is 2.05. The van der Waals surface area contributed by atoms with Gasteiger partial charge in [-0.05, 0) is 18.7 Å². The summed E-state index contributed by atoms with van der Waals surface area (Å²) in [6.07, 6.45) is 1.59. The number of hydrogen-bond acceptors (Lipinski definition) is 6. The molecule has 6 nitrogen and oxygen atoms in total. The zero-order valence-electron chi connectivity index (χ0n) is 7.93. The molecule has 2 heterocycles. The third-order valence-electron chi connectivity index (χ3n) is 1.72. The van der Waals surface area contributed by atoms with E-state index in [0.717, 1.165) is 4.34 Å². The van der Waals surface area contributed by atoms with E-state index in [1.54, 1.807) is 10.8 Å². The second-order valence-corrected chi connectivity index (χ2v) is 4.96. The van der Waals surface area contributed by atoms with E-state index < -0.39 is 0 Å². The van der Waals surface area contributed by atoms with Crippen LogP contribution in [0.3, 0.4) is 0 Å². The SMILES string of the molecule is CCn1c(Sc2ncc(N)s2)n[nH]c1=O. The Bertz CT molecular complexity index is 513.